The lowest BCUT2D eigenvalue weighted by Gasteiger charge is -2.36. The van der Waals surface area contributed by atoms with Gasteiger partial charge >= 0.3 is 5.97 Å². The van der Waals surface area contributed by atoms with Crippen molar-refractivity contribution in [2.45, 2.75) is 32.2 Å². The third-order valence-corrected chi connectivity index (χ3v) is 6.75. The maximum atomic E-state index is 11.9. The molecule has 1 saturated heterocycles. The van der Waals surface area contributed by atoms with Crippen molar-refractivity contribution in [2.24, 2.45) is 5.92 Å². The summed E-state index contributed by atoms with van der Waals surface area (Å²) in [5, 5.41) is 16.0. The maximum absolute atomic E-state index is 11.9. The van der Waals surface area contributed by atoms with Crippen molar-refractivity contribution in [1.82, 2.24) is 19.5 Å². The zero-order valence-electron chi connectivity index (χ0n) is 16.3. The average molecular weight is 435 g/mol. The molecule has 3 heterocycles. The molecule has 1 N–H and O–H groups in total. The highest BCUT2D eigenvalue weighted by Gasteiger charge is 2.34. The number of benzene rings is 1. The summed E-state index contributed by atoms with van der Waals surface area (Å²) in [5.41, 5.74) is 1.03. The fourth-order valence-corrected chi connectivity index (χ4v) is 5.11. The van der Waals surface area contributed by atoms with Gasteiger partial charge in [0.25, 0.3) is 0 Å². The van der Waals surface area contributed by atoms with Crippen molar-refractivity contribution in [3.8, 4) is 5.88 Å². The van der Waals surface area contributed by atoms with Crippen molar-refractivity contribution in [3.63, 3.8) is 0 Å². The van der Waals surface area contributed by atoms with Crippen LogP contribution in [0.5, 0.6) is 5.88 Å². The van der Waals surface area contributed by atoms with Gasteiger partial charge in [0.05, 0.1) is 23.9 Å². The maximum Gasteiger partial charge on any atom is 0.308 e. The number of piperidine rings is 1. The Morgan fingerprint density at radius 2 is 2.03 bits per heavy atom. The van der Waals surface area contributed by atoms with E-state index in [1.54, 1.807) is 0 Å². The molecule has 7 nitrogen and oxygen atoms in total. The van der Waals surface area contributed by atoms with Crippen LogP contribution in [-0.4, -0.2) is 50.8 Å². The molecular weight excluding hydrogens is 412 g/mol. The number of aromatic nitrogens is 3. The number of aromatic hydroxyl groups is 1. The number of likely N-dealkylation sites (tertiary alicyclic amines) is 1. The smallest absolute Gasteiger partial charge is 0.308 e. The van der Waals surface area contributed by atoms with Crippen molar-refractivity contribution in [1.29, 1.82) is 0 Å². The Morgan fingerprint density at radius 3 is 2.62 bits per heavy atom. The van der Waals surface area contributed by atoms with Gasteiger partial charge in [0.2, 0.25) is 10.8 Å². The molecule has 4 rings (SSSR count). The monoisotopic (exact) mass is 434 g/mol. The first-order valence-electron chi connectivity index (χ1n) is 9.66. The van der Waals surface area contributed by atoms with Crippen LogP contribution in [0.3, 0.4) is 0 Å². The Kier molecular flexibility index (Phi) is 5.76. The normalized spacial score (nSPS) is 16.9. The summed E-state index contributed by atoms with van der Waals surface area (Å²) < 4.78 is 6.43. The minimum Gasteiger partial charge on any atom is -0.492 e. The summed E-state index contributed by atoms with van der Waals surface area (Å²) in [7, 11) is 1.43. The number of thiazole rings is 1. The van der Waals surface area contributed by atoms with Gasteiger partial charge in [0, 0.05) is 11.4 Å². The number of nitrogens with zero attached hydrogens (tertiary/aromatic N) is 4. The van der Waals surface area contributed by atoms with E-state index in [1.165, 1.54) is 23.0 Å². The van der Waals surface area contributed by atoms with Crippen molar-refractivity contribution in [3.05, 3.63) is 45.6 Å². The Balaban J connectivity index is 1.70. The first-order valence-corrected chi connectivity index (χ1v) is 10.9. The predicted molar refractivity (Wildman–Crippen MR) is 112 cm³/mol. The third kappa shape index (κ3) is 3.84. The fraction of sp³-hybridized carbons (Fsp3) is 0.450. The third-order valence-electron chi connectivity index (χ3n) is 5.42. The summed E-state index contributed by atoms with van der Waals surface area (Å²) in [4.78, 5) is 20.2. The van der Waals surface area contributed by atoms with Gasteiger partial charge in [-0.2, -0.15) is 4.52 Å². The topological polar surface area (TPSA) is 80.0 Å². The van der Waals surface area contributed by atoms with Gasteiger partial charge in [-0.1, -0.05) is 42.0 Å². The van der Waals surface area contributed by atoms with Gasteiger partial charge in [-0.15, -0.1) is 5.10 Å². The van der Waals surface area contributed by atoms with E-state index in [0.29, 0.717) is 22.2 Å². The average Bonchev–Trinajstić information content (AvgIpc) is 3.29. The molecule has 9 heteroatoms. The molecule has 2 aromatic heterocycles. The highest BCUT2D eigenvalue weighted by atomic mass is 35.5. The van der Waals surface area contributed by atoms with E-state index in [1.807, 2.05) is 31.2 Å². The molecule has 0 bridgehead atoms. The Bertz CT molecular complexity index is 1010. The molecule has 0 aliphatic carbocycles. The van der Waals surface area contributed by atoms with Gasteiger partial charge < -0.3 is 9.84 Å². The van der Waals surface area contributed by atoms with Crippen LogP contribution in [0.25, 0.3) is 4.96 Å². The van der Waals surface area contributed by atoms with E-state index in [2.05, 4.69) is 15.0 Å². The Labute approximate surface area is 177 Å². The number of hydrogen-bond acceptors (Lipinski definition) is 7. The molecule has 1 aliphatic rings. The van der Waals surface area contributed by atoms with Crippen LogP contribution < -0.4 is 0 Å². The number of aryl methyl sites for hydroxylation is 1. The van der Waals surface area contributed by atoms with E-state index in [9.17, 15) is 9.90 Å². The molecule has 1 aliphatic heterocycles. The standard InChI is InChI=1S/C20H23ClN4O3S/c1-3-15-22-20-25(23-15)18(26)17(29-20)16(12-4-6-14(21)7-5-12)24-10-8-13(9-11-24)19(27)28-2/h4-7,13,16,26H,3,8-11H2,1-2H3/t16-/m1/s1. The van der Waals surface area contributed by atoms with Gasteiger partial charge in [0.15, 0.2) is 5.82 Å². The van der Waals surface area contributed by atoms with E-state index in [0.717, 1.165) is 36.4 Å². The molecule has 0 spiro atoms. The fourth-order valence-electron chi connectivity index (χ4n) is 3.85. The van der Waals surface area contributed by atoms with Crippen LogP contribution in [0.15, 0.2) is 24.3 Å². The van der Waals surface area contributed by atoms with E-state index >= 15 is 0 Å². The molecular formula is C20H23ClN4O3S. The zero-order valence-corrected chi connectivity index (χ0v) is 17.9. The molecule has 0 amide bonds. The van der Waals surface area contributed by atoms with Crippen molar-refractivity contribution >= 4 is 33.9 Å². The molecule has 0 unspecified atom stereocenters. The molecule has 0 saturated carbocycles. The molecule has 3 aromatic rings. The van der Waals surface area contributed by atoms with Crippen LogP contribution >= 0.6 is 22.9 Å². The minimum atomic E-state index is -0.163. The Morgan fingerprint density at radius 1 is 1.34 bits per heavy atom. The first-order chi connectivity index (χ1) is 14.0. The number of esters is 1. The number of rotatable bonds is 5. The van der Waals surface area contributed by atoms with Crippen molar-refractivity contribution in [2.75, 3.05) is 20.2 Å². The summed E-state index contributed by atoms with van der Waals surface area (Å²) >= 11 is 7.54. The molecule has 1 aromatic carbocycles. The molecule has 0 radical (unpaired) electrons. The molecule has 1 fully saturated rings. The lowest BCUT2D eigenvalue weighted by molar-refractivity contribution is -0.147. The van der Waals surface area contributed by atoms with E-state index < -0.39 is 0 Å². The second kappa shape index (κ2) is 8.30. The summed E-state index contributed by atoms with van der Waals surface area (Å²) in [5.74, 6) is 0.596. The molecule has 1 atom stereocenters. The summed E-state index contributed by atoms with van der Waals surface area (Å²) in [6.45, 7) is 3.43. The van der Waals surface area contributed by atoms with Crippen LogP contribution in [-0.2, 0) is 16.0 Å². The minimum absolute atomic E-state index is 0.0786. The van der Waals surface area contributed by atoms with Crippen LogP contribution in [0, 0.1) is 5.92 Å². The van der Waals surface area contributed by atoms with Crippen LogP contribution in [0.2, 0.25) is 5.02 Å². The van der Waals surface area contributed by atoms with E-state index in [-0.39, 0.29) is 23.8 Å². The number of fused-ring (bicyclic) bond motifs is 1. The largest absolute Gasteiger partial charge is 0.492 e. The number of carbonyl (C=O) groups is 1. The highest BCUT2D eigenvalue weighted by molar-refractivity contribution is 7.17. The lowest BCUT2D eigenvalue weighted by Crippen LogP contribution is -2.39. The molecule has 29 heavy (non-hydrogen) atoms. The summed E-state index contributed by atoms with van der Waals surface area (Å²) in [6, 6.07) is 7.51. The van der Waals surface area contributed by atoms with E-state index in [4.69, 9.17) is 16.3 Å². The number of halogens is 1. The number of carbonyl (C=O) groups excluding carboxylic acids is 1. The first kappa shape index (κ1) is 20.1. The zero-order chi connectivity index (χ0) is 20.5. The Hall–Kier alpha value is -2.16. The number of hydrogen-bond donors (Lipinski definition) is 1. The van der Waals surface area contributed by atoms with Gasteiger partial charge in [0.1, 0.15) is 0 Å². The highest BCUT2D eigenvalue weighted by Crippen LogP contribution is 2.41. The summed E-state index contributed by atoms with van der Waals surface area (Å²) in [6.07, 6.45) is 2.15. The van der Waals surface area contributed by atoms with Gasteiger partial charge in [-0.05, 0) is 43.6 Å². The van der Waals surface area contributed by atoms with Crippen LogP contribution in [0.1, 0.15) is 42.1 Å². The van der Waals surface area contributed by atoms with Crippen LogP contribution in [0.4, 0.5) is 0 Å². The number of ether oxygens (including phenoxy) is 1. The SMILES string of the molecule is CCc1nc2sc([C@@H](c3ccc(Cl)cc3)N3CCC(C(=O)OC)CC3)c(O)n2n1. The second-order valence-electron chi connectivity index (χ2n) is 7.15. The lowest BCUT2D eigenvalue weighted by atomic mass is 9.94. The second-order valence-corrected chi connectivity index (χ2v) is 8.60. The van der Waals surface area contributed by atoms with Gasteiger partial charge in [-0.25, -0.2) is 4.98 Å². The quantitative estimate of drug-likeness (QED) is 0.617. The predicted octanol–water partition coefficient (Wildman–Crippen LogP) is 3.69. The number of methoxy groups -OCH3 is 1. The molecule has 154 valence electrons. The van der Waals surface area contributed by atoms with Gasteiger partial charge in [-0.3, -0.25) is 9.69 Å². The van der Waals surface area contributed by atoms with Crippen molar-refractivity contribution < 1.29 is 14.6 Å².